The SMILES string of the molecule is CCCNC(=O)CN1CC(c2ccc(OC)cc2)C(C(=O)O)C1c1ccc(OC)cc1. The first-order valence-corrected chi connectivity index (χ1v) is 10.5. The van der Waals surface area contributed by atoms with E-state index in [-0.39, 0.29) is 18.4 Å². The molecule has 1 amide bonds. The topological polar surface area (TPSA) is 88.1 Å². The summed E-state index contributed by atoms with van der Waals surface area (Å²) >= 11 is 0. The Morgan fingerprint density at radius 3 is 2.03 bits per heavy atom. The first-order valence-electron chi connectivity index (χ1n) is 10.5. The number of carbonyl (C=O) groups excluding carboxylic acids is 1. The minimum atomic E-state index is -0.877. The molecule has 1 fully saturated rings. The van der Waals surface area contributed by atoms with Gasteiger partial charge in [0, 0.05) is 25.0 Å². The number of carboxylic acids is 1. The van der Waals surface area contributed by atoms with E-state index in [1.807, 2.05) is 60.4 Å². The fourth-order valence-electron chi connectivity index (χ4n) is 4.28. The quantitative estimate of drug-likeness (QED) is 0.641. The summed E-state index contributed by atoms with van der Waals surface area (Å²) < 4.78 is 10.5. The van der Waals surface area contributed by atoms with E-state index in [0.29, 0.717) is 18.8 Å². The zero-order valence-corrected chi connectivity index (χ0v) is 18.2. The molecule has 0 aromatic heterocycles. The highest BCUT2D eigenvalue weighted by molar-refractivity contribution is 5.79. The van der Waals surface area contributed by atoms with E-state index in [2.05, 4.69) is 5.32 Å². The van der Waals surface area contributed by atoms with Gasteiger partial charge in [-0.3, -0.25) is 14.5 Å². The van der Waals surface area contributed by atoms with Crippen molar-refractivity contribution in [1.82, 2.24) is 10.2 Å². The van der Waals surface area contributed by atoms with Crippen molar-refractivity contribution in [3.05, 3.63) is 59.7 Å². The van der Waals surface area contributed by atoms with E-state index < -0.39 is 17.9 Å². The maximum Gasteiger partial charge on any atom is 0.309 e. The summed E-state index contributed by atoms with van der Waals surface area (Å²) in [6.07, 6.45) is 0.847. The van der Waals surface area contributed by atoms with Crippen molar-refractivity contribution in [1.29, 1.82) is 0 Å². The van der Waals surface area contributed by atoms with Gasteiger partial charge in [0.1, 0.15) is 11.5 Å². The first kappa shape index (κ1) is 22.6. The van der Waals surface area contributed by atoms with Crippen LogP contribution in [0.1, 0.15) is 36.4 Å². The Balaban J connectivity index is 1.97. The van der Waals surface area contributed by atoms with Crippen LogP contribution in [0.2, 0.25) is 0 Å². The molecular formula is C24H30N2O5. The molecule has 1 saturated heterocycles. The molecule has 0 radical (unpaired) electrons. The fourth-order valence-corrected chi connectivity index (χ4v) is 4.28. The maximum absolute atomic E-state index is 12.5. The number of aliphatic carboxylic acids is 1. The Morgan fingerprint density at radius 1 is 1.00 bits per heavy atom. The highest BCUT2D eigenvalue weighted by Crippen LogP contribution is 2.46. The summed E-state index contributed by atoms with van der Waals surface area (Å²) in [5.41, 5.74) is 1.77. The Morgan fingerprint density at radius 2 is 1.55 bits per heavy atom. The fraction of sp³-hybridized carbons (Fsp3) is 0.417. The van der Waals surface area contributed by atoms with Gasteiger partial charge in [0.2, 0.25) is 5.91 Å². The number of rotatable bonds is 9. The smallest absolute Gasteiger partial charge is 0.309 e. The number of benzene rings is 2. The largest absolute Gasteiger partial charge is 0.497 e. The van der Waals surface area contributed by atoms with Gasteiger partial charge < -0.3 is 19.9 Å². The van der Waals surface area contributed by atoms with Crippen LogP contribution in [0.3, 0.4) is 0 Å². The first-order chi connectivity index (χ1) is 15.0. The number of ether oxygens (including phenoxy) is 2. The lowest BCUT2D eigenvalue weighted by Crippen LogP contribution is -2.38. The number of amides is 1. The monoisotopic (exact) mass is 426 g/mol. The molecule has 3 unspecified atom stereocenters. The van der Waals surface area contributed by atoms with E-state index in [1.54, 1.807) is 14.2 Å². The lowest BCUT2D eigenvalue weighted by molar-refractivity contribution is -0.143. The number of hydrogen-bond acceptors (Lipinski definition) is 5. The minimum absolute atomic E-state index is 0.0973. The van der Waals surface area contributed by atoms with Crippen molar-refractivity contribution in [3.63, 3.8) is 0 Å². The molecule has 3 rings (SSSR count). The number of nitrogens with zero attached hydrogens (tertiary/aromatic N) is 1. The molecule has 2 N–H and O–H groups in total. The lowest BCUT2D eigenvalue weighted by atomic mass is 9.83. The highest BCUT2D eigenvalue weighted by Gasteiger charge is 2.47. The van der Waals surface area contributed by atoms with Gasteiger partial charge >= 0.3 is 5.97 Å². The third-order valence-corrected chi connectivity index (χ3v) is 5.80. The van der Waals surface area contributed by atoms with Crippen LogP contribution in [0.15, 0.2) is 48.5 Å². The number of methoxy groups -OCH3 is 2. The third kappa shape index (κ3) is 5.17. The van der Waals surface area contributed by atoms with Gasteiger partial charge in [-0.1, -0.05) is 31.2 Å². The van der Waals surface area contributed by atoms with Crippen LogP contribution in [0, 0.1) is 5.92 Å². The molecule has 7 heteroatoms. The molecule has 2 aromatic carbocycles. The molecular weight excluding hydrogens is 396 g/mol. The number of carbonyl (C=O) groups is 2. The van der Waals surface area contributed by atoms with Crippen molar-refractivity contribution < 1.29 is 24.2 Å². The summed E-state index contributed by atoms with van der Waals surface area (Å²) in [5, 5.41) is 13.1. The number of nitrogens with one attached hydrogen (secondary N) is 1. The van der Waals surface area contributed by atoms with Gasteiger partial charge in [0.05, 0.1) is 26.7 Å². The van der Waals surface area contributed by atoms with Gasteiger partial charge in [-0.25, -0.2) is 0 Å². The number of hydrogen-bond donors (Lipinski definition) is 2. The highest BCUT2D eigenvalue weighted by atomic mass is 16.5. The molecule has 7 nitrogen and oxygen atoms in total. The summed E-state index contributed by atoms with van der Waals surface area (Å²) in [4.78, 5) is 26.9. The second kappa shape index (κ2) is 10.3. The normalized spacial score (nSPS) is 20.9. The Labute approximate surface area is 183 Å². The minimum Gasteiger partial charge on any atom is -0.497 e. The van der Waals surface area contributed by atoms with Crippen molar-refractivity contribution >= 4 is 11.9 Å². The van der Waals surface area contributed by atoms with Crippen molar-refractivity contribution in [2.24, 2.45) is 5.92 Å². The van der Waals surface area contributed by atoms with Gasteiger partial charge in [0.25, 0.3) is 0 Å². The van der Waals surface area contributed by atoms with E-state index in [9.17, 15) is 14.7 Å². The van der Waals surface area contributed by atoms with Gasteiger partial charge in [-0.05, 0) is 41.8 Å². The molecule has 1 heterocycles. The zero-order valence-electron chi connectivity index (χ0n) is 18.2. The molecule has 2 aromatic rings. The second-order valence-electron chi connectivity index (χ2n) is 7.74. The Kier molecular flexibility index (Phi) is 7.52. The maximum atomic E-state index is 12.5. The van der Waals surface area contributed by atoms with Crippen molar-refractivity contribution in [3.8, 4) is 11.5 Å². The van der Waals surface area contributed by atoms with E-state index in [1.165, 1.54) is 0 Å². The van der Waals surface area contributed by atoms with Gasteiger partial charge in [-0.2, -0.15) is 0 Å². The van der Waals surface area contributed by atoms with Crippen molar-refractivity contribution in [2.45, 2.75) is 25.3 Å². The van der Waals surface area contributed by atoms with Gasteiger partial charge in [-0.15, -0.1) is 0 Å². The Hall–Kier alpha value is -3.06. The van der Waals surface area contributed by atoms with Crippen molar-refractivity contribution in [2.75, 3.05) is 33.9 Å². The summed E-state index contributed by atoms with van der Waals surface area (Å²) in [6, 6.07) is 14.5. The molecule has 31 heavy (non-hydrogen) atoms. The molecule has 1 aliphatic rings. The van der Waals surface area contributed by atoms with Crippen LogP contribution in [-0.4, -0.2) is 55.7 Å². The van der Waals surface area contributed by atoms with Crippen LogP contribution in [0.5, 0.6) is 11.5 Å². The Bertz CT molecular complexity index is 882. The number of likely N-dealkylation sites (tertiary alicyclic amines) is 1. The van der Waals surface area contributed by atoms with Gasteiger partial charge in [0.15, 0.2) is 0 Å². The average molecular weight is 427 g/mol. The zero-order chi connectivity index (χ0) is 22.4. The average Bonchev–Trinajstić information content (AvgIpc) is 3.17. The van der Waals surface area contributed by atoms with Crippen LogP contribution >= 0.6 is 0 Å². The van der Waals surface area contributed by atoms with Crippen LogP contribution in [0.4, 0.5) is 0 Å². The third-order valence-electron chi connectivity index (χ3n) is 5.80. The van der Waals surface area contributed by atoms with Crippen LogP contribution < -0.4 is 14.8 Å². The van der Waals surface area contributed by atoms with E-state index in [0.717, 1.165) is 23.3 Å². The summed E-state index contributed by atoms with van der Waals surface area (Å²) in [6.45, 7) is 3.22. The predicted octanol–water partition coefficient (Wildman–Crippen LogP) is 3.07. The van der Waals surface area contributed by atoms with E-state index >= 15 is 0 Å². The number of carboxylic acid groups (broad SMARTS) is 1. The lowest BCUT2D eigenvalue weighted by Gasteiger charge is -2.27. The predicted molar refractivity (Wildman–Crippen MR) is 117 cm³/mol. The molecule has 1 aliphatic heterocycles. The van der Waals surface area contributed by atoms with Crippen LogP contribution in [0.25, 0.3) is 0 Å². The molecule has 0 aliphatic carbocycles. The molecule has 166 valence electrons. The van der Waals surface area contributed by atoms with Crippen LogP contribution in [-0.2, 0) is 9.59 Å². The second-order valence-corrected chi connectivity index (χ2v) is 7.74. The molecule has 0 saturated carbocycles. The standard InChI is InChI=1S/C24H30N2O5/c1-4-13-25-21(27)15-26-14-20(16-5-9-18(30-2)10-6-16)22(24(28)29)23(26)17-7-11-19(31-3)12-8-17/h5-12,20,22-23H,4,13-15H2,1-3H3,(H,25,27)(H,28,29). The summed E-state index contributed by atoms with van der Waals surface area (Å²) in [7, 11) is 3.19. The molecule has 0 bridgehead atoms. The summed E-state index contributed by atoms with van der Waals surface area (Å²) in [5.74, 6) is -0.503. The molecule has 3 atom stereocenters. The van der Waals surface area contributed by atoms with E-state index in [4.69, 9.17) is 9.47 Å². The molecule has 0 spiro atoms.